The lowest BCUT2D eigenvalue weighted by atomic mass is 9.87. The smallest absolute Gasteiger partial charge is 0.407 e. The van der Waals surface area contributed by atoms with Crippen LogP contribution in [0.2, 0.25) is 0 Å². The average molecular weight is 748 g/mol. The van der Waals surface area contributed by atoms with Gasteiger partial charge in [-0.3, -0.25) is 0 Å². The van der Waals surface area contributed by atoms with Crippen LogP contribution < -0.4 is 10.1 Å². The number of hydrogen-bond acceptors (Lipinski definition) is 5. The van der Waals surface area contributed by atoms with Gasteiger partial charge in [-0.25, -0.2) is 9.48 Å². The van der Waals surface area contributed by atoms with Crippen LogP contribution in [0.1, 0.15) is 69.4 Å². The Bertz CT molecular complexity index is 1670. The number of carbonyl (C=O) groups is 1. The fraction of sp³-hybridized carbons (Fsp3) is 0.371. The molecule has 4 aromatic rings. The number of alkyl halides is 3. The summed E-state index contributed by atoms with van der Waals surface area (Å²) < 4.78 is 62.2. The Hall–Kier alpha value is -3.58. The standard InChI is InChI=1S/C35H37F3IN3O4/c1-34(2,3)46-33(43)40-18-20-44-26-15-12-24(13-16-26)31(28(22-35(36,37)38)23-9-5-4-6-10-23)25-14-17-29-27(21-25)32(39)41-42(29)30-11-7-8-19-45-30/h4-6,9-10,12-17,21,30H,7-8,11,18-20,22H2,1-3H3,(H,40,43)/b31-28+. The van der Waals surface area contributed by atoms with Crippen molar-refractivity contribution in [2.24, 2.45) is 0 Å². The quantitative estimate of drug-likeness (QED) is 0.105. The predicted octanol–water partition coefficient (Wildman–Crippen LogP) is 9.16. The summed E-state index contributed by atoms with van der Waals surface area (Å²) in [6, 6.07) is 21.4. The molecule has 1 unspecified atom stereocenters. The Balaban J connectivity index is 1.50. The van der Waals surface area contributed by atoms with Crippen molar-refractivity contribution in [1.29, 1.82) is 0 Å². The first kappa shape index (κ1) is 33.8. The summed E-state index contributed by atoms with van der Waals surface area (Å²) in [5.41, 5.74) is 2.66. The van der Waals surface area contributed by atoms with E-state index in [-0.39, 0.29) is 25.0 Å². The Labute approximate surface area is 280 Å². The number of nitrogens with one attached hydrogen (secondary N) is 1. The van der Waals surface area contributed by atoms with Crippen molar-refractivity contribution < 1.29 is 32.2 Å². The van der Waals surface area contributed by atoms with E-state index in [0.717, 1.165) is 33.9 Å². The van der Waals surface area contributed by atoms with Gasteiger partial charge < -0.3 is 19.5 Å². The van der Waals surface area contributed by atoms with Crippen LogP contribution in [0.25, 0.3) is 22.0 Å². The zero-order valence-corrected chi connectivity index (χ0v) is 28.2. The largest absolute Gasteiger partial charge is 0.492 e. The molecule has 5 rings (SSSR count). The molecule has 3 aromatic carbocycles. The normalized spacial score (nSPS) is 16.2. The van der Waals surface area contributed by atoms with Gasteiger partial charge in [-0.1, -0.05) is 48.5 Å². The highest BCUT2D eigenvalue weighted by atomic mass is 127. The number of amides is 1. The Kier molecular flexibility index (Phi) is 10.6. The van der Waals surface area contributed by atoms with E-state index in [2.05, 4.69) is 27.9 Å². The molecule has 1 N–H and O–H groups in total. The molecule has 0 saturated carbocycles. The number of hydrogen-bond donors (Lipinski definition) is 1. The minimum atomic E-state index is -4.44. The Morgan fingerprint density at radius 2 is 1.72 bits per heavy atom. The second-order valence-corrected chi connectivity index (χ2v) is 13.1. The molecule has 0 radical (unpaired) electrons. The van der Waals surface area contributed by atoms with Gasteiger partial charge in [-0.05, 0) is 115 Å². The van der Waals surface area contributed by atoms with E-state index >= 15 is 0 Å². The number of halogens is 4. The van der Waals surface area contributed by atoms with Crippen LogP contribution in [0.3, 0.4) is 0 Å². The molecule has 1 fully saturated rings. The van der Waals surface area contributed by atoms with Crippen LogP contribution in [0, 0.1) is 3.70 Å². The van der Waals surface area contributed by atoms with E-state index in [1.807, 2.05) is 22.9 Å². The maximum atomic E-state index is 14.2. The number of ether oxygens (including phenoxy) is 3. The Morgan fingerprint density at radius 1 is 1.00 bits per heavy atom. The highest BCUT2D eigenvalue weighted by molar-refractivity contribution is 14.1. The average Bonchev–Trinajstić information content (AvgIpc) is 3.35. The van der Waals surface area contributed by atoms with Crippen molar-refractivity contribution in [3.8, 4) is 5.75 Å². The molecule has 7 nitrogen and oxygen atoms in total. The molecular formula is C35H37F3IN3O4. The van der Waals surface area contributed by atoms with Crippen LogP contribution in [0.15, 0.2) is 72.8 Å². The number of nitrogens with zero attached hydrogens (tertiary/aromatic N) is 2. The van der Waals surface area contributed by atoms with E-state index in [1.54, 1.807) is 75.4 Å². The van der Waals surface area contributed by atoms with Gasteiger partial charge in [0.2, 0.25) is 0 Å². The van der Waals surface area contributed by atoms with Gasteiger partial charge in [-0.2, -0.15) is 18.3 Å². The van der Waals surface area contributed by atoms with Crippen LogP contribution in [0.4, 0.5) is 18.0 Å². The summed E-state index contributed by atoms with van der Waals surface area (Å²) in [5, 5.41) is 8.25. The molecule has 0 aliphatic carbocycles. The van der Waals surface area contributed by atoms with Crippen LogP contribution in [0.5, 0.6) is 5.75 Å². The summed E-state index contributed by atoms with van der Waals surface area (Å²) in [5.74, 6) is 0.518. The predicted molar refractivity (Wildman–Crippen MR) is 180 cm³/mol. The van der Waals surface area contributed by atoms with Gasteiger partial charge in [-0.15, -0.1) is 0 Å². The van der Waals surface area contributed by atoms with E-state index in [9.17, 15) is 18.0 Å². The molecule has 0 spiro atoms. The molecule has 46 heavy (non-hydrogen) atoms. The third-order valence-electron chi connectivity index (χ3n) is 7.36. The summed E-state index contributed by atoms with van der Waals surface area (Å²) in [6.45, 7) is 6.43. The van der Waals surface area contributed by atoms with Crippen molar-refractivity contribution in [3.63, 3.8) is 0 Å². The van der Waals surface area contributed by atoms with E-state index in [4.69, 9.17) is 19.3 Å². The molecule has 1 aliphatic heterocycles. The van der Waals surface area contributed by atoms with Crippen LogP contribution >= 0.6 is 22.6 Å². The van der Waals surface area contributed by atoms with Gasteiger partial charge in [0.05, 0.1) is 18.5 Å². The fourth-order valence-electron chi connectivity index (χ4n) is 5.44. The maximum absolute atomic E-state index is 14.2. The first-order chi connectivity index (χ1) is 21.9. The fourth-order valence-corrected chi connectivity index (χ4v) is 6.10. The van der Waals surface area contributed by atoms with Gasteiger partial charge in [0.15, 0.2) is 6.23 Å². The first-order valence-electron chi connectivity index (χ1n) is 15.2. The van der Waals surface area contributed by atoms with E-state index in [0.29, 0.717) is 34.6 Å². The molecule has 11 heteroatoms. The summed E-state index contributed by atoms with van der Waals surface area (Å²) in [4.78, 5) is 11.9. The van der Waals surface area contributed by atoms with Crippen LogP contribution in [-0.2, 0) is 9.47 Å². The third-order valence-corrected chi connectivity index (χ3v) is 8.16. The molecule has 2 heterocycles. The number of benzene rings is 3. The second kappa shape index (κ2) is 14.5. The topological polar surface area (TPSA) is 74.6 Å². The van der Waals surface area contributed by atoms with Gasteiger partial charge >= 0.3 is 12.3 Å². The number of carbonyl (C=O) groups excluding carboxylic acids is 1. The number of aromatic nitrogens is 2. The van der Waals surface area contributed by atoms with Gasteiger partial charge in [0, 0.05) is 12.0 Å². The summed E-state index contributed by atoms with van der Waals surface area (Å²) >= 11 is 2.18. The molecule has 1 amide bonds. The van der Waals surface area contributed by atoms with Crippen molar-refractivity contribution >= 4 is 50.7 Å². The zero-order chi connectivity index (χ0) is 32.9. The highest BCUT2D eigenvalue weighted by Gasteiger charge is 2.32. The van der Waals surface area contributed by atoms with Crippen molar-refractivity contribution in [2.45, 2.75) is 64.5 Å². The number of allylic oxidation sites excluding steroid dienone is 1. The Morgan fingerprint density at radius 3 is 2.37 bits per heavy atom. The lowest BCUT2D eigenvalue weighted by Gasteiger charge is -2.23. The monoisotopic (exact) mass is 747 g/mol. The second-order valence-electron chi connectivity index (χ2n) is 12.1. The molecule has 1 atom stereocenters. The molecule has 1 aliphatic rings. The third kappa shape index (κ3) is 8.81. The van der Waals surface area contributed by atoms with Gasteiger partial charge in [0.1, 0.15) is 21.7 Å². The van der Waals surface area contributed by atoms with Gasteiger partial charge in [0.25, 0.3) is 0 Å². The number of fused-ring (bicyclic) bond motifs is 1. The van der Waals surface area contributed by atoms with Crippen molar-refractivity contribution in [2.75, 3.05) is 19.8 Å². The SMILES string of the molecule is CC(C)(C)OC(=O)NCCOc1ccc(/C(=C(/CC(F)(F)F)c2ccccc2)c2ccc3c(c2)c(I)nn3C2CCCCO2)cc1. The van der Waals surface area contributed by atoms with E-state index < -0.39 is 24.3 Å². The maximum Gasteiger partial charge on any atom is 0.407 e. The highest BCUT2D eigenvalue weighted by Crippen LogP contribution is 2.41. The number of alkyl carbamates (subject to hydrolysis) is 1. The molecular weight excluding hydrogens is 710 g/mol. The minimum absolute atomic E-state index is 0.167. The van der Waals surface area contributed by atoms with Crippen molar-refractivity contribution in [3.05, 3.63) is 93.2 Å². The van der Waals surface area contributed by atoms with E-state index in [1.165, 1.54) is 0 Å². The lowest BCUT2D eigenvalue weighted by molar-refractivity contribution is -0.122. The summed E-state index contributed by atoms with van der Waals surface area (Å²) in [6.07, 6.45) is -3.34. The summed E-state index contributed by atoms with van der Waals surface area (Å²) in [7, 11) is 0. The minimum Gasteiger partial charge on any atom is -0.492 e. The number of rotatable bonds is 9. The molecule has 244 valence electrons. The zero-order valence-electron chi connectivity index (χ0n) is 26.0. The molecule has 1 saturated heterocycles. The first-order valence-corrected chi connectivity index (χ1v) is 16.3. The molecule has 1 aromatic heterocycles. The van der Waals surface area contributed by atoms with Crippen LogP contribution in [-0.4, -0.2) is 47.4 Å². The van der Waals surface area contributed by atoms with Crippen molar-refractivity contribution in [1.82, 2.24) is 15.1 Å². The lowest BCUT2D eigenvalue weighted by Crippen LogP contribution is -2.34. The molecule has 0 bridgehead atoms.